The second kappa shape index (κ2) is 3.90. The number of nitrogens with one attached hydrogen (secondary N) is 1. The van der Waals surface area contributed by atoms with Crippen LogP contribution >= 0.6 is 0 Å². The van der Waals surface area contributed by atoms with Crippen molar-refractivity contribution in [3.8, 4) is 6.07 Å². The summed E-state index contributed by atoms with van der Waals surface area (Å²) in [7, 11) is 0. The van der Waals surface area contributed by atoms with E-state index in [-0.39, 0.29) is 23.9 Å². The molecule has 17 heavy (non-hydrogen) atoms. The molecule has 1 aromatic rings. The molecule has 1 aromatic heterocycles. The normalized spacial score (nSPS) is 28.5. The van der Waals surface area contributed by atoms with Gasteiger partial charge in [-0.3, -0.25) is 9.69 Å². The lowest BCUT2D eigenvalue weighted by molar-refractivity contribution is -0.122. The Bertz CT molecular complexity index is 488. The first-order valence-electron chi connectivity index (χ1n) is 5.85. The fourth-order valence-corrected chi connectivity index (χ4v) is 2.65. The molecule has 0 radical (unpaired) electrons. The molecule has 0 spiro atoms. The van der Waals surface area contributed by atoms with Crippen molar-refractivity contribution in [3.63, 3.8) is 0 Å². The summed E-state index contributed by atoms with van der Waals surface area (Å²) in [4.78, 5) is 13.9. The zero-order valence-corrected chi connectivity index (χ0v) is 9.35. The van der Waals surface area contributed by atoms with Gasteiger partial charge >= 0.3 is 0 Å². The second-order valence-corrected chi connectivity index (χ2v) is 4.47. The van der Waals surface area contributed by atoms with Crippen molar-refractivity contribution in [1.82, 2.24) is 10.2 Å². The van der Waals surface area contributed by atoms with E-state index in [1.807, 2.05) is 6.07 Å². The van der Waals surface area contributed by atoms with Crippen molar-refractivity contribution in [1.29, 1.82) is 5.26 Å². The summed E-state index contributed by atoms with van der Waals surface area (Å²) in [6, 6.07) is 5.33. The summed E-state index contributed by atoms with van der Waals surface area (Å²) in [5.41, 5.74) is 0. The summed E-state index contributed by atoms with van der Waals surface area (Å²) in [5, 5.41) is 11.7. The van der Waals surface area contributed by atoms with Crippen molar-refractivity contribution in [3.05, 3.63) is 23.7 Å². The molecule has 3 rings (SSSR count). The van der Waals surface area contributed by atoms with Crippen LogP contribution in [0.4, 0.5) is 0 Å². The Kier molecular flexibility index (Phi) is 2.37. The van der Waals surface area contributed by atoms with Gasteiger partial charge in [0.2, 0.25) is 11.7 Å². The zero-order valence-electron chi connectivity index (χ0n) is 9.35. The summed E-state index contributed by atoms with van der Waals surface area (Å²) < 4.78 is 5.40. The fourth-order valence-electron chi connectivity index (χ4n) is 2.65. The highest BCUT2D eigenvalue weighted by molar-refractivity contribution is 5.84. The van der Waals surface area contributed by atoms with E-state index < -0.39 is 0 Å². The van der Waals surface area contributed by atoms with Gasteiger partial charge in [-0.2, -0.15) is 5.26 Å². The predicted octanol–water partition coefficient (Wildman–Crippen LogP) is 1.13. The van der Waals surface area contributed by atoms with E-state index in [4.69, 9.17) is 9.68 Å². The lowest BCUT2D eigenvalue weighted by Gasteiger charge is -2.30. The third-order valence-corrected chi connectivity index (χ3v) is 3.46. The molecular formula is C12H13N3O2. The van der Waals surface area contributed by atoms with Gasteiger partial charge in [-0.05, 0) is 25.0 Å². The number of rotatable bonds is 1. The van der Waals surface area contributed by atoms with Gasteiger partial charge in [0.1, 0.15) is 18.0 Å². The van der Waals surface area contributed by atoms with Crippen molar-refractivity contribution in [2.45, 2.75) is 31.5 Å². The monoisotopic (exact) mass is 231 g/mol. The maximum absolute atomic E-state index is 11.8. The molecule has 5 heteroatoms. The molecule has 2 fully saturated rings. The van der Waals surface area contributed by atoms with Gasteiger partial charge in [0.25, 0.3) is 0 Å². The number of amides is 1. The lowest BCUT2D eigenvalue weighted by atomic mass is 10.0. The maximum atomic E-state index is 11.8. The van der Waals surface area contributed by atoms with Crippen LogP contribution in [-0.4, -0.2) is 23.4 Å². The number of carbonyl (C=O) groups is 1. The first kappa shape index (κ1) is 10.4. The van der Waals surface area contributed by atoms with E-state index in [0.717, 1.165) is 25.8 Å². The van der Waals surface area contributed by atoms with Crippen LogP contribution in [-0.2, 0) is 4.79 Å². The molecule has 0 saturated carbocycles. The third kappa shape index (κ3) is 1.61. The largest absolute Gasteiger partial charge is 0.447 e. The summed E-state index contributed by atoms with van der Waals surface area (Å²) in [5.74, 6) is 1.01. The van der Waals surface area contributed by atoms with Crippen molar-refractivity contribution in [2.75, 3.05) is 6.54 Å². The summed E-state index contributed by atoms with van der Waals surface area (Å²) >= 11 is 0. The molecule has 0 aromatic carbocycles. The minimum Gasteiger partial charge on any atom is -0.447 e. The van der Waals surface area contributed by atoms with E-state index in [9.17, 15) is 4.79 Å². The van der Waals surface area contributed by atoms with E-state index in [1.165, 1.54) is 0 Å². The van der Waals surface area contributed by atoms with Crippen LogP contribution in [0.5, 0.6) is 0 Å². The molecule has 2 aliphatic rings. The summed E-state index contributed by atoms with van der Waals surface area (Å²) in [6.07, 6.45) is 2.92. The number of fused-ring (bicyclic) bond motifs is 1. The Morgan fingerprint density at radius 2 is 2.35 bits per heavy atom. The number of hydrogen-bond acceptors (Lipinski definition) is 4. The molecule has 1 amide bonds. The quantitative estimate of drug-likeness (QED) is 0.786. The summed E-state index contributed by atoms with van der Waals surface area (Å²) in [6.45, 7) is 0.899. The Labute approximate surface area is 99.0 Å². The smallest absolute Gasteiger partial charge is 0.239 e. The Hall–Kier alpha value is -1.80. The van der Waals surface area contributed by atoms with Gasteiger partial charge in [-0.25, -0.2) is 0 Å². The van der Waals surface area contributed by atoms with Crippen LogP contribution in [0.2, 0.25) is 0 Å². The molecule has 2 atom stereocenters. The van der Waals surface area contributed by atoms with E-state index in [2.05, 4.69) is 10.2 Å². The number of piperidine rings is 1. The van der Waals surface area contributed by atoms with Crippen LogP contribution in [0.1, 0.15) is 36.9 Å². The molecule has 0 bridgehead atoms. The Morgan fingerprint density at radius 3 is 3.12 bits per heavy atom. The first-order chi connectivity index (χ1) is 8.29. The van der Waals surface area contributed by atoms with Gasteiger partial charge < -0.3 is 9.73 Å². The molecule has 2 saturated heterocycles. The molecule has 3 heterocycles. The molecule has 88 valence electrons. The average molecular weight is 231 g/mol. The highest BCUT2D eigenvalue weighted by Gasteiger charge is 2.42. The highest BCUT2D eigenvalue weighted by Crippen LogP contribution is 2.32. The van der Waals surface area contributed by atoms with E-state index in [1.54, 1.807) is 12.1 Å². The standard InChI is InChI=1S/C12H13N3O2/c13-7-8-4-5-10(17-8)11-14-12(16)9-3-1-2-6-15(9)11/h4-5,9,11H,1-3,6H2,(H,14,16)/t9-,11-/m1/s1. The maximum Gasteiger partial charge on any atom is 0.239 e. The van der Waals surface area contributed by atoms with Crippen molar-refractivity contribution >= 4 is 5.91 Å². The number of nitriles is 1. The van der Waals surface area contributed by atoms with E-state index >= 15 is 0 Å². The van der Waals surface area contributed by atoms with Crippen molar-refractivity contribution < 1.29 is 9.21 Å². The third-order valence-electron chi connectivity index (χ3n) is 3.46. The fraction of sp³-hybridized carbons (Fsp3) is 0.500. The number of carbonyl (C=O) groups excluding carboxylic acids is 1. The van der Waals surface area contributed by atoms with E-state index in [0.29, 0.717) is 5.76 Å². The molecule has 2 aliphatic heterocycles. The van der Waals surface area contributed by atoms with Crippen LogP contribution in [0.3, 0.4) is 0 Å². The Morgan fingerprint density at radius 1 is 1.47 bits per heavy atom. The lowest BCUT2D eigenvalue weighted by Crippen LogP contribution is -2.38. The predicted molar refractivity (Wildman–Crippen MR) is 58.7 cm³/mol. The Balaban J connectivity index is 1.88. The molecular weight excluding hydrogens is 218 g/mol. The zero-order chi connectivity index (χ0) is 11.8. The topological polar surface area (TPSA) is 69.3 Å². The van der Waals surface area contributed by atoms with Gasteiger partial charge in [-0.1, -0.05) is 6.42 Å². The highest BCUT2D eigenvalue weighted by atomic mass is 16.3. The first-order valence-corrected chi connectivity index (χ1v) is 5.85. The minimum atomic E-state index is -0.199. The van der Waals surface area contributed by atoms with Gasteiger partial charge in [0.05, 0.1) is 6.04 Å². The number of nitrogens with zero attached hydrogens (tertiary/aromatic N) is 2. The van der Waals surface area contributed by atoms with Gasteiger partial charge in [0, 0.05) is 6.54 Å². The second-order valence-electron chi connectivity index (χ2n) is 4.47. The van der Waals surface area contributed by atoms with Crippen molar-refractivity contribution in [2.24, 2.45) is 0 Å². The number of furan rings is 1. The van der Waals surface area contributed by atoms with Crippen LogP contribution in [0, 0.1) is 11.3 Å². The van der Waals surface area contributed by atoms with Crippen LogP contribution in [0.25, 0.3) is 0 Å². The number of hydrogen-bond donors (Lipinski definition) is 1. The average Bonchev–Trinajstić information content (AvgIpc) is 2.95. The molecule has 0 aliphatic carbocycles. The molecule has 1 N–H and O–H groups in total. The van der Waals surface area contributed by atoms with Crippen LogP contribution in [0.15, 0.2) is 16.5 Å². The van der Waals surface area contributed by atoms with Gasteiger partial charge in [-0.15, -0.1) is 0 Å². The van der Waals surface area contributed by atoms with Gasteiger partial charge in [0.15, 0.2) is 0 Å². The SMILES string of the molecule is N#Cc1ccc([C@@H]2NC(=O)[C@H]3CCCCN32)o1. The molecule has 5 nitrogen and oxygen atoms in total. The minimum absolute atomic E-state index is 0.0237. The molecule has 0 unspecified atom stereocenters. The van der Waals surface area contributed by atoms with Crippen LogP contribution < -0.4 is 5.32 Å².